The summed E-state index contributed by atoms with van der Waals surface area (Å²) in [6.07, 6.45) is 1.40. The number of alkyl halides is 2. The number of anilines is 2. The molecule has 2 aromatic rings. The summed E-state index contributed by atoms with van der Waals surface area (Å²) in [4.78, 5) is 20.9. The SMILES string of the molecule is CN1CCN(c2ccc(NC(=O)c3cccnc3SC(F)F)cc2)CC1. The molecule has 1 amide bonds. The molecule has 1 aromatic carbocycles. The Hall–Kier alpha value is -2.19. The zero-order chi connectivity index (χ0) is 18.5. The molecule has 0 saturated carbocycles. The quantitative estimate of drug-likeness (QED) is 0.808. The van der Waals surface area contributed by atoms with Crippen LogP contribution in [0.4, 0.5) is 20.2 Å². The lowest BCUT2D eigenvalue weighted by Gasteiger charge is -2.34. The van der Waals surface area contributed by atoms with Gasteiger partial charge in [0.1, 0.15) is 5.03 Å². The van der Waals surface area contributed by atoms with Crippen molar-refractivity contribution < 1.29 is 13.6 Å². The highest BCUT2D eigenvalue weighted by molar-refractivity contribution is 7.99. The third-order valence-corrected chi connectivity index (χ3v) is 4.94. The maximum atomic E-state index is 12.6. The molecule has 1 fully saturated rings. The van der Waals surface area contributed by atoms with Crippen LogP contribution < -0.4 is 10.2 Å². The molecular weight excluding hydrogens is 358 g/mol. The minimum atomic E-state index is -2.63. The summed E-state index contributed by atoms with van der Waals surface area (Å²) in [5.74, 6) is -3.08. The third-order valence-electron chi connectivity index (χ3n) is 4.21. The summed E-state index contributed by atoms with van der Waals surface area (Å²) >= 11 is 0.269. The van der Waals surface area contributed by atoms with Gasteiger partial charge in [-0.15, -0.1) is 0 Å². The first-order chi connectivity index (χ1) is 12.5. The van der Waals surface area contributed by atoms with Gasteiger partial charge in [-0.1, -0.05) is 0 Å². The molecule has 5 nitrogen and oxygen atoms in total. The number of benzene rings is 1. The minimum absolute atomic E-state index is 0.0223. The van der Waals surface area contributed by atoms with E-state index in [1.807, 2.05) is 24.3 Å². The Kier molecular flexibility index (Phi) is 6.05. The Morgan fingerprint density at radius 1 is 1.15 bits per heavy atom. The van der Waals surface area contributed by atoms with Crippen LogP contribution in [0.1, 0.15) is 10.4 Å². The van der Waals surface area contributed by atoms with E-state index in [-0.39, 0.29) is 22.4 Å². The number of pyridine rings is 1. The molecule has 2 heterocycles. The van der Waals surface area contributed by atoms with Crippen molar-refractivity contribution in [3.63, 3.8) is 0 Å². The summed E-state index contributed by atoms with van der Waals surface area (Å²) < 4.78 is 25.2. The van der Waals surface area contributed by atoms with E-state index in [1.165, 1.54) is 12.3 Å². The zero-order valence-electron chi connectivity index (χ0n) is 14.4. The number of nitrogens with one attached hydrogen (secondary N) is 1. The van der Waals surface area contributed by atoms with Crippen molar-refractivity contribution in [2.75, 3.05) is 43.4 Å². The lowest BCUT2D eigenvalue weighted by molar-refractivity contribution is 0.102. The van der Waals surface area contributed by atoms with Crippen LogP contribution in [-0.4, -0.2) is 54.8 Å². The fourth-order valence-electron chi connectivity index (χ4n) is 2.76. The zero-order valence-corrected chi connectivity index (χ0v) is 15.2. The largest absolute Gasteiger partial charge is 0.369 e. The molecule has 0 bridgehead atoms. The summed E-state index contributed by atoms with van der Waals surface area (Å²) in [5, 5.41) is 2.77. The highest BCUT2D eigenvalue weighted by atomic mass is 32.2. The average molecular weight is 378 g/mol. The van der Waals surface area contributed by atoms with Crippen molar-refractivity contribution in [1.82, 2.24) is 9.88 Å². The highest BCUT2D eigenvalue weighted by Gasteiger charge is 2.17. The third kappa shape index (κ3) is 4.70. The van der Waals surface area contributed by atoms with Gasteiger partial charge in [-0.2, -0.15) is 8.78 Å². The number of nitrogens with zero attached hydrogens (tertiary/aromatic N) is 3. The summed E-state index contributed by atoms with van der Waals surface area (Å²) in [5.41, 5.74) is 1.86. The molecule has 0 aliphatic carbocycles. The molecule has 1 aliphatic rings. The smallest absolute Gasteiger partial charge is 0.290 e. The Morgan fingerprint density at radius 2 is 1.85 bits per heavy atom. The van der Waals surface area contributed by atoms with Gasteiger partial charge >= 0.3 is 0 Å². The number of thioether (sulfide) groups is 1. The standard InChI is InChI=1S/C18H20F2N4OS/c1-23-9-11-24(12-10-23)14-6-4-13(5-7-14)22-16(25)15-3-2-8-21-17(15)26-18(19)20/h2-8,18H,9-12H2,1H3,(H,22,25). The Balaban J connectivity index is 1.67. The van der Waals surface area contributed by atoms with E-state index < -0.39 is 11.7 Å². The average Bonchev–Trinajstić information content (AvgIpc) is 2.63. The Morgan fingerprint density at radius 3 is 2.50 bits per heavy atom. The van der Waals surface area contributed by atoms with Gasteiger partial charge in [-0.3, -0.25) is 4.79 Å². The summed E-state index contributed by atoms with van der Waals surface area (Å²) in [6.45, 7) is 3.96. The molecule has 1 aliphatic heterocycles. The van der Waals surface area contributed by atoms with E-state index in [1.54, 1.807) is 6.07 Å². The van der Waals surface area contributed by atoms with E-state index in [0.717, 1.165) is 31.9 Å². The first-order valence-corrected chi connectivity index (χ1v) is 9.15. The second-order valence-corrected chi connectivity index (χ2v) is 7.00. The number of rotatable bonds is 5. The maximum absolute atomic E-state index is 12.6. The van der Waals surface area contributed by atoms with E-state index in [2.05, 4.69) is 27.1 Å². The molecule has 26 heavy (non-hydrogen) atoms. The van der Waals surface area contributed by atoms with Crippen LogP contribution in [0.15, 0.2) is 47.6 Å². The topological polar surface area (TPSA) is 48.5 Å². The molecule has 1 saturated heterocycles. The predicted molar refractivity (Wildman–Crippen MR) is 100 cm³/mol. The minimum Gasteiger partial charge on any atom is -0.369 e. The number of hydrogen-bond donors (Lipinski definition) is 1. The van der Waals surface area contributed by atoms with Crippen LogP contribution in [0.5, 0.6) is 0 Å². The van der Waals surface area contributed by atoms with Crippen LogP contribution in [0, 0.1) is 0 Å². The van der Waals surface area contributed by atoms with Crippen LogP contribution in [0.3, 0.4) is 0 Å². The molecule has 0 radical (unpaired) electrons. The van der Waals surface area contributed by atoms with Gasteiger partial charge in [-0.05, 0) is 55.2 Å². The predicted octanol–water partition coefficient (Wildman–Crippen LogP) is 3.40. The monoisotopic (exact) mass is 378 g/mol. The molecule has 0 unspecified atom stereocenters. The van der Waals surface area contributed by atoms with Crippen LogP contribution in [0.2, 0.25) is 0 Å². The van der Waals surface area contributed by atoms with E-state index in [9.17, 15) is 13.6 Å². The molecule has 3 rings (SSSR count). The second kappa shape index (κ2) is 8.46. The Bertz CT molecular complexity index is 749. The number of aromatic nitrogens is 1. The second-order valence-electron chi connectivity index (χ2n) is 6.03. The lowest BCUT2D eigenvalue weighted by atomic mass is 10.2. The normalized spacial score (nSPS) is 15.3. The van der Waals surface area contributed by atoms with Crippen LogP contribution >= 0.6 is 11.8 Å². The fraction of sp³-hybridized carbons (Fsp3) is 0.333. The van der Waals surface area contributed by atoms with E-state index in [0.29, 0.717) is 5.69 Å². The lowest BCUT2D eigenvalue weighted by Crippen LogP contribution is -2.44. The van der Waals surface area contributed by atoms with Crippen molar-refractivity contribution in [2.45, 2.75) is 10.8 Å². The first-order valence-electron chi connectivity index (χ1n) is 8.27. The van der Waals surface area contributed by atoms with Gasteiger partial charge in [0.2, 0.25) is 0 Å². The number of halogens is 2. The number of carbonyl (C=O) groups excluding carboxylic acids is 1. The first kappa shape index (κ1) is 18.6. The van der Waals surface area contributed by atoms with Gasteiger partial charge in [0.15, 0.2) is 0 Å². The van der Waals surface area contributed by atoms with Crippen molar-refractivity contribution in [3.05, 3.63) is 48.2 Å². The van der Waals surface area contributed by atoms with Crippen molar-refractivity contribution in [2.24, 2.45) is 0 Å². The number of likely N-dealkylation sites (N-methyl/N-ethyl adjacent to an activating group) is 1. The molecule has 138 valence electrons. The molecule has 0 atom stereocenters. The molecule has 1 aromatic heterocycles. The highest BCUT2D eigenvalue weighted by Crippen LogP contribution is 2.27. The summed E-state index contributed by atoms with van der Waals surface area (Å²) in [6, 6.07) is 10.6. The van der Waals surface area contributed by atoms with Gasteiger partial charge in [0.05, 0.1) is 5.56 Å². The van der Waals surface area contributed by atoms with Crippen LogP contribution in [-0.2, 0) is 0 Å². The molecule has 0 spiro atoms. The number of piperazine rings is 1. The number of hydrogen-bond acceptors (Lipinski definition) is 5. The molecule has 8 heteroatoms. The Labute approximate surface area is 155 Å². The maximum Gasteiger partial charge on any atom is 0.290 e. The molecular formula is C18H20F2N4OS. The van der Waals surface area contributed by atoms with Crippen molar-refractivity contribution >= 4 is 29.0 Å². The van der Waals surface area contributed by atoms with Crippen molar-refractivity contribution in [3.8, 4) is 0 Å². The van der Waals surface area contributed by atoms with Gasteiger partial charge in [0, 0.05) is 43.8 Å². The summed E-state index contributed by atoms with van der Waals surface area (Å²) in [7, 11) is 2.11. The van der Waals surface area contributed by atoms with E-state index >= 15 is 0 Å². The number of amides is 1. The molecule has 1 N–H and O–H groups in total. The van der Waals surface area contributed by atoms with Crippen LogP contribution in [0.25, 0.3) is 0 Å². The van der Waals surface area contributed by atoms with Crippen molar-refractivity contribution in [1.29, 1.82) is 0 Å². The van der Waals surface area contributed by atoms with Gasteiger partial charge in [0.25, 0.3) is 11.7 Å². The fourth-order valence-corrected chi connectivity index (χ4v) is 3.34. The van der Waals surface area contributed by atoms with E-state index in [4.69, 9.17) is 0 Å². The van der Waals surface area contributed by atoms with Gasteiger partial charge in [-0.25, -0.2) is 4.98 Å². The number of carbonyl (C=O) groups is 1. The van der Waals surface area contributed by atoms with Gasteiger partial charge < -0.3 is 15.1 Å².